The van der Waals surface area contributed by atoms with Crippen molar-refractivity contribution in [2.45, 2.75) is 52.7 Å². The highest BCUT2D eigenvalue weighted by Crippen LogP contribution is 2.05. The zero-order valence-corrected chi connectivity index (χ0v) is 10.5. The predicted molar refractivity (Wildman–Crippen MR) is 61.2 cm³/mol. The van der Waals surface area contributed by atoms with Crippen LogP contribution in [0.2, 0.25) is 0 Å². The monoisotopic (exact) mass is 230 g/mol. The molecule has 0 saturated heterocycles. The van der Waals surface area contributed by atoms with E-state index >= 15 is 0 Å². The summed E-state index contributed by atoms with van der Waals surface area (Å²) in [7, 11) is 0. The van der Waals surface area contributed by atoms with Gasteiger partial charge in [-0.1, -0.05) is 13.3 Å². The molecule has 0 bridgehead atoms. The lowest BCUT2D eigenvalue weighted by molar-refractivity contribution is -0.168. The Bertz CT molecular complexity index is 207. The number of carbonyl (C=O) groups is 2. The highest BCUT2D eigenvalue weighted by molar-refractivity contribution is 6.00. The van der Waals surface area contributed by atoms with Gasteiger partial charge in [-0.2, -0.15) is 0 Å². The first-order valence-corrected chi connectivity index (χ1v) is 5.93. The molecule has 0 rings (SSSR count). The van der Waals surface area contributed by atoms with Gasteiger partial charge >= 0.3 is 0 Å². The summed E-state index contributed by atoms with van der Waals surface area (Å²) < 4.78 is 10.3. The van der Waals surface area contributed by atoms with Gasteiger partial charge in [0.2, 0.25) is 6.29 Å². The van der Waals surface area contributed by atoms with Crippen molar-refractivity contribution in [2.24, 2.45) is 0 Å². The van der Waals surface area contributed by atoms with Crippen LogP contribution in [0.15, 0.2) is 0 Å². The summed E-state index contributed by atoms with van der Waals surface area (Å²) in [6.45, 7) is 6.40. The standard InChI is InChI=1S/C12H22O4/c1-4-7-8-10(13)9-11(14)12(15-5-2)16-6-3/h12H,4-9H2,1-3H3. The first-order chi connectivity index (χ1) is 7.65. The van der Waals surface area contributed by atoms with Crippen LogP contribution in [0.5, 0.6) is 0 Å². The fraction of sp³-hybridized carbons (Fsp3) is 0.833. The first-order valence-electron chi connectivity index (χ1n) is 5.93. The average molecular weight is 230 g/mol. The lowest BCUT2D eigenvalue weighted by atomic mass is 10.1. The van der Waals surface area contributed by atoms with E-state index < -0.39 is 6.29 Å². The fourth-order valence-electron chi connectivity index (χ4n) is 1.28. The number of ether oxygens (including phenoxy) is 2. The van der Waals surface area contributed by atoms with Crippen LogP contribution in [-0.2, 0) is 19.1 Å². The molecule has 0 heterocycles. The lowest BCUT2D eigenvalue weighted by Crippen LogP contribution is -2.29. The SMILES string of the molecule is CCCCC(=O)CC(=O)C(OCC)OCC. The normalized spacial score (nSPS) is 10.8. The number of Topliss-reactive ketones (excluding diaryl/α,β-unsaturated/α-hetero) is 2. The minimum absolute atomic E-state index is 0.0312. The Morgan fingerprint density at radius 2 is 1.62 bits per heavy atom. The molecule has 94 valence electrons. The predicted octanol–water partition coefficient (Wildman–Crippen LogP) is 2.10. The average Bonchev–Trinajstić information content (AvgIpc) is 2.26. The summed E-state index contributed by atoms with van der Waals surface area (Å²) >= 11 is 0. The Labute approximate surface area is 97.3 Å². The fourth-order valence-corrected chi connectivity index (χ4v) is 1.28. The Kier molecular flexibility index (Phi) is 9.04. The van der Waals surface area contributed by atoms with Gasteiger partial charge in [0.1, 0.15) is 5.78 Å². The third kappa shape index (κ3) is 6.69. The molecule has 0 aliphatic carbocycles. The summed E-state index contributed by atoms with van der Waals surface area (Å²) in [4.78, 5) is 23.0. The molecular weight excluding hydrogens is 208 g/mol. The summed E-state index contributed by atoms with van der Waals surface area (Å²) in [6, 6.07) is 0. The van der Waals surface area contributed by atoms with Crippen molar-refractivity contribution in [3.05, 3.63) is 0 Å². The maximum absolute atomic E-state index is 11.6. The number of hydrogen-bond donors (Lipinski definition) is 0. The molecule has 0 aromatic rings. The molecule has 0 aliphatic rings. The Morgan fingerprint density at radius 1 is 1.06 bits per heavy atom. The van der Waals surface area contributed by atoms with E-state index in [1.54, 1.807) is 13.8 Å². The van der Waals surface area contributed by atoms with Gasteiger partial charge in [0.05, 0.1) is 6.42 Å². The summed E-state index contributed by atoms with van der Waals surface area (Å²) in [5.74, 6) is -0.305. The molecular formula is C12H22O4. The van der Waals surface area contributed by atoms with Crippen molar-refractivity contribution in [1.29, 1.82) is 0 Å². The lowest BCUT2D eigenvalue weighted by Gasteiger charge is -2.14. The molecule has 0 radical (unpaired) electrons. The molecule has 0 aliphatic heterocycles. The summed E-state index contributed by atoms with van der Waals surface area (Å²) in [5.41, 5.74) is 0. The van der Waals surface area contributed by atoms with Crippen molar-refractivity contribution in [3.63, 3.8) is 0 Å². The molecule has 4 heteroatoms. The number of unbranched alkanes of at least 4 members (excludes halogenated alkanes) is 1. The van der Waals surface area contributed by atoms with Crippen LogP contribution < -0.4 is 0 Å². The Morgan fingerprint density at radius 3 is 2.06 bits per heavy atom. The second-order valence-corrected chi connectivity index (χ2v) is 3.53. The molecule has 0 aromatic carbocycles. The van der Waals surface area contributed by atoms with Crippen molar-refractivity contribution in [1.82, 2.24) is 0 Å². The van der Waals surface area contributed by atoms with E-state index in [9.17, 15) is 9.59 Å². The van der Waals surface area contributed by atoms with Crippen molar-refractivity contribution in [2.75, 3.05) is 13.2 Å². The second-order valence-electron chi connectivity index (χ2n) is 3.53. The van der Waals surface area contributed by atoms with E-state index in [1.807, 2.05) is 6.92 Å². The van der Waals surface area contributed by atoms with E-state index in [4.69, 9.17) is 9.47 Å². The van der Waals surface area contributed by atoms with Gasteiger partial charge in [0, 0.05) is 19.6 Å². The van der Waals surface area contributed by atoms with Crippen LogP contribution in [0.4, 0.5) is 0 Å². The van der Waals surface area contributed by atoms with Crippen LogP contribution in [-0.4, -0.2) is 31.1 Å². The molecule has 0 N–H and O–H groups in total. The van der Waals surface area contributed by atoms with E-state index in [0.717, 1.165) is 12.8 Å². The van der Waals surface area contributed by atoms with Crippen LogP contribution >= 0.6 is 0 Å². The van der Waals surface area contributed by atoms with Gasteiger partial charge in [-0.15, -0.1) is 0 Å². The van der Waals surface area contributed by atoms with E-state index in [2.05, 4.69) is 0 Å². The first kappa shape index (κ1) is 15.3. The van der Waals surface area contributed by atoms with Gasteiger partial charge < -0.3 is 9.47 Å². The van der Waals surface area contributed by atoms with Gasteiger partial charge in [-0.3, -0.25) is 9.59 Å². The smallest absolute Gasteiger partial charge is 0.218 e. The highest BCUT2D eigenvalue weighted by atomic mass is 16.7. The number of carbonyl (C=O) groups excluding carboxylic acids is 2. The molecule has 16 heavy (non-hydrogen) atoms. The summed E-state index contributed by atoms with van der Waals surface area (Å²) in [5, 5.41) is 0. The largest absolute Gasteiger partial charge is 0.346 e. The molecule has 0 amide bonds. The second kappa shape index (κ2) is 9.48. The van der Waals surface area contributed by atoms with Crippen molar-refractivity contribution < 1.29 is 19.1 Å². The third-order valence-corrected chi connectivity index (χ3v) is 2.08. The van der Waals surface area contributed by atoms with Gasteiger partial charge in [-0.05, 0) is 20.3 Å². The minimum Gasteiger partial charge on any atom is -0.346 e. The maximum atomic E-state index is 11.6. The van der Waals surface area contributed by atoms with Gasteiger partial charge in [0.25, 0.3) is 0 Å². The summed E-state index contributed by atoms with van der Waals surface area (Å²) in [6.07, 6.45) is 1.30. The van der Waals surface area contributed by atoms with Gasteiger partial charge in [0.15, 0.2) is 5.78 Å². The number of ketones is 2. The maximum Gasteiger partial charge on any atom is 0.218 e. The molecule has 0 fully saturated rings. The van der Waals surface area contributed by atoms with Crippen LogP contribution in [0, 0.1) is 0 Å². The Balaban J connectivity index is 4.02. The van der Waals surface area contributed by atoms with E-state index in [0.29, 0.717) is 19.6 Å². The minimum atomic E-state index is -0.874. The molecule has 0 aromatic heterocycles. The quantitative estimate of drug-likeness (QED) is 0.426. The van der Waals surface area contributed by atoms with Gasteiger partial charge in [-0.25, -0.2) is 0 Å². The molecule has 0 saturated carbocycles. The van der Waals surface area contributed by atoms with E-state index in [1.165, 1.54) is 0 Å². The van der Waals surface area contributed by atoms with E-state index in [-0.39, 0.29) is 18.0 Å². The van der Waals surface area contributed by atoms with Crippen LogP contribution in [0.1, 0.15) is 46.5 Å². The van der Waals surface area contributed by atoms with Crippen molar-refractivity contribution >= 4 is 11.6 Å². The molecule has 0 atom stereocenters. The zero-order valence-electron chi connectivity index (χ0n) is 10.5. The Hall–Kier alpha value is -0.740. The van der Waals surface area contributed by atoms with Crippen LogP contribution in [0.25, 0.3) is 0 Å². The van der Waals surface area contributed by atoms with Crippen molar-refractivity contribution in [3.8, 4) is 0 Å². The molecule has 0 spiro atoms. The number of rotatable bonds is 10. The molecule has 4 nitrogen and oxygen atoms in total. The molecule has 0 unspecified atom stereocenters. The topological polar surface area (TPSA) is 52.6 Å². The zero-order chi connectivity index (χ0) is 12.4. The highest BCUT2D eigenvalue weighted by Gasteiger charge is 2.21. The van der Waals surface area contributed by atoms with Crippen LogP contribution in [0.3, 0.4) is 0 Å². The third-order valence-electron chi connectivity index (χ3n) is 2.08. The number of hydrogen-bond acceptors (Lipinski definition) is 4.